The lowest BCUT2D eigenvalue weighted by Gasteiger charge is -2.04. The third-order valence-electron chi connectivity index (χ3n) is 3.37. The lowest BCUT2D eigenvalue weighted by atomic mass is 10.1. The van der Waals surface area contributed by atoms with E-state index in [0.717, 1.165) is 6.42 Å². The van der Waals surface area contributed by atoms with Crippen molar-refractivity contribution in [3.63, 3.8) is 0 Å². The molecule has 132 valence electrons. The lowest BCUT2D eigenvalue weighted by molar-refractivity contribution is 0.0202. The lowest BCUT2D eigenvalue weighted by Crippen LogP contribution is -2.09. The molecule has 0 saturated carbocycles. The first-order valence-corrected chi connectivity index (χ1v) is 8.94. The zero-order valence-corrected chi connectivity index (χ0v) is 14.4. The normalized spacial score (nSPS) is 11.4. The van der Waals surface area contributed by atoms with Crippen LogP contribution in [0.1, 0.15) is 64.7 Å². The monoisotopic (exact) mass is 316 g/mol. The van der Waals surface area contributed by atoms with Crippen LogP contribution in [0.15, 0.2) is 12.3 Å². The van der Waals surface area contributed by atoms with Gasteiger partial charge in [-0.3, -0.25) is 0 Å². The Hall–Kier alpha value is -0.580. The van der Waals surface area contributed by atoms with Gasteiger partial charge in [0, 0.05) is 0 Å². The fourth-order valence-electron chi connectivity index (χ4n) is 2.09. The molecule has 0 aromatic rings. The highest BCUT2D eigenvalue weighted by Gasteiger charge is 1.91. The second-order valence-corrected chi connectivity index (χ2v) is 5.45. The largest absolute Gasteiger partial charge is 0.499 e. The molecule has 0 fully saturated rings. The predicted molar refractivity (Wildman–Crippen MR) is 91.0 cm³/mol. The molecule has 0 aliphatic heterocycles. The maximum Gasteiger partial charge on any atom is 0.111 e. The van der Waals surface area contributed by atoms with Crippen molar-refractivity contribution in [1.82, 2.24) is 0 Å². The fourth-order valence-corrected chi connectivity index (χ4v) is 2.09. The number of hydrogen-bond donors (Lipinski definition) is 1. The summed E-state index contributed by atoms with van der Waals surface area (Å²) in [7, 11) is 0. The van der Waals surface area contributed by atoms with Gasteiger partial charge in [-0.1, -0.05) is 51.9 Å². The fraction of sp³-hybridized carbons (Fsp3) is 0.889. The van der Waals surface area contributed by atoms with Crippen LogP contribution in [-0.4, -0.2) is 44.7 Å². The van der Waals surface area contributed by atoms with E-state index >= 15 is 0 Å². The van der Waals surface area contributed by atoms with Crippen molar-refractivity contribution in [1.29, 1.82) is 0 Å². The predicted octanol–water partition coefficient (Wildman–Crippen LogP) is 4.07. The molecule has 0 radical (unpaired) electrons. The molecule has 0 unspecified atom stereocenters. The second kappa shape index (κ2) is 20.4. The Morgan fingerprint density at radius 1 is 0.727 bits per heavy atom. The summed E-state index contributed by atoms with van der Waals surface area (Å²) >= 11 is 0. The third kappa shape index (κ3) is 19.4. The molecule has 0 rings (SSSR count). The summed E-state index contributed by atoms with van der Waals surface area (Å²) in [6, 6.07) is 0. The van der Waals surface area contributed by atoms with Gasteiger partial charge in [-0.05, 0) is 18.9 Å². The molecule has 0 aliphatic rings. The van der Waals surface area contributed by atoms with E-state index in [4.69, 9.17) is 19.3 Å². The number of ether oxygens (including phenoxy) is 3. The molecule has 0 atom stereocenters. The summed E-state index contributed by atoms with van der Waals surface area (Å²) in [6.07, 6.45) is 15.8. The highest BCUT2D eigenvalue weighted by atomic mass is 16.5. The molecular formula is C18H36O4. The van der Waals surface area contributed by atoms with Gasteiger partial charge >= 0.3 is 0 Å². The summed E-state index contributed by atoms with van der Waals surface area (Å²) in [6.45, 7) is 4.92. The average Bonchev–Trinajstić information content (AvgIpc) is 2.54. The number of aliphatic hydroxyl groups excluding tert-OH is 1. The van der Waals surface area contributed by atoms with Gasteiger partial charge < -0.3 is 19.3 Å². The summed E-state index contributed by atoms with van der Waals surface area (Å²) in [4.78, 5) is 0. The van der Waals surface area contributed by atoms with E-state index in [1.54, 1.807) is 6.26 Å². The maximum absolute atomic E-state index is 8.51. The Kier molecular flexibility index (Phi) is 19.9. The molecule has 4 nitrogen and oxygen atoms in total. The van der Waals surface area contributed by atoms with Crippen LogP contribution >= 0.6 is 0 Å². The summed E-state index contributed by atoms with van der Waals surface area (Å²) < 4.78 is 15.7. The number of hydrogen-bond acceptors (Lipinski definition) is 4. The standard InChI is InChI=1S/C18H36O4/c1-2-3-4-5-6-7-8-9-10-11-13-20-15-17-22-18-16-21-14-12-19/h11,13,19H,2-10,12,14-18H2,1H3. The van der Waals surface area contributed by atoms with E-state index in [0.29, 0.717) is 33.0 Å². The third-order valence-corrected chi connectivity index (χ3v) is 3.37. The molecule has 0 amide bonds. The van der Waals surface area contributed by atoms with Crippen LogP contribution in [0.25, 0.3) is 0 Å². The van der Waals surface area contributed by atoms with Gasteiger partial charge in [0.05, 0.1) is 39.3 Å². The first-order chi connectivity index (χ1) is 10.9. The Morgan fingerprint density at radius 2 is 1.32 bits per heavy atom. The molecule has 0 aromatic carbocycles. The van der Waals surface area contributed by atoms with Crippen LogP contribution in [0.3, 0.4) is 0 Å². The van der Waals surface area contributed by atoms with Crippen molar-refractivity contribution < 1.29 is 19.3 Å². The number of aliphatic hydroxyl groups is 1. The van der Waals surface area contributed by atoms with Crippen molar-refractivity contribution in [3.05, 3.63) is 12.3 Å². The van der Waals surface area contributed by atoms with Crippen LogP contribution in [0.4, 0.5) is 0 Å². The summed E-state index contributed by atoms with van der Waals surface area (Å²) in [5.41, 5.74) is 0. The number of unbranched alkanes of at least 4 members (excludes halogenated alkanes) is 8. The number of rotatable bonds is 18. The van der Waals surface area contributed by atoms with Crippen LogP contribution in [0, 0.1) is 0 Å². The second-order valence-electron chi connectivity index (χ2n) is 5.45. The van der Waals surface area contributed by atoms with E-state index in [1.165, 1.54) is 51.4 Å². The van der Waals surface area contributed by atoms with Gasteiger partial charge in [-0.15, -0.1) is 0 Å². The van der Waals surface area contributed by atoms with Gasteiger partial charge in [0.25, 0.3) is 0 Å². The molecule has 1 N–H and O–H groups in total. The molecule has 0 saturated heterocycles. The van der Waals surface area contributed by atoms with Gasteiger partial charge in [0.2, 0.25) is 0 Å². The van der Waals surface area contributed by atoms with E-state index in [1.807, 2.05) is 0 Å². The number of allylic oxidation sites excluding steroid dienone is 1. The van der Waals surface area contributed by atoms with E-state index in [-0.39, 0.29) is 6.61 Å². The minimum atomic E-state index is 0.0623. The smallest absolute Gasteiger partial charge is 0.111 e. The van der Waals surface area contributed by atoms with Crippen molar-refractivity contribution in [2.45, 2.75) is 64.7 Å². The van der Waals surface area contributed by atoms with E-state index in [9.17, 15) is 0 Å². The van der Waals surface area contributed by atoms with Crippen molar-refractivity contribution in [3.8, 4) is 0 Å². The minimum absolute atomic E-state index is 0.0623. The van der Waals surface area contributed by atoms with E-state index in [2.05, 4.69) is 13.0 Å². The van der Waals surface area contributed by atoms with Crippen LogP contribution < -0.4 is 0 Å². The SMILES string of the molecule is CCCCCCCCCCC=COCCOCCOCCO. The van der Waals surface area contributed by atoms with Crippen molar-refractivity contribution in [2.75, 3.05) is 39.6 Å². The molecule has 0 heterocycles. The molecule has 0 spiro atoms. The van der Waals surface area contributed by atoms with Crippen LogP contribution in [-0.2, 0) is 14.2 Å². The molecule has 0 aliphatic carbocycles. The van der Waals surface area contributed by atoms with Gasteiger partial charge in [0.15, 0.2) is 0 Å². The summed E-state index contributed by atoms with van der Waals surface area (Å²) in [5, 5.41) is 8.51. The van der Waals surface area contributed by atoms with Crippen LogP contribution in [0.2, 0.25) is 0 Å². The first kappa shape index (κ1) is 21.4. The first-order valence-electron chi connectivity index (χ1n) is 8.94. The Labute approximate surface area is 136 Å². The molecule has 22 heavy (non-hydrogen) atoms. The van der Waals surface area contributed by atoms with Gasteiger partial charge in [-0.2, -0.15) is 0 Å². The van der Waals surface area contributed by atoms with Gasteiger partial charge in [0.1, 0.15) is 6.61 Å². The zero-order chi connectivity index (χ0) is 16.1. The zero-order valence-electron chi connectivity index (χ0n) is 14.4. The molecule has 4 heteroatoms. The highest BCUT2D eigenvalue weighted by molar-refractivity contribution is 4.73. The Bertz CT molecular complexity index is 197. The molecule has 0 bridgehead atoms. The Balaban J connectivity index is 3.03. The minimum Gasteiger partial charge on any atom is -0.499 e. The molecular weight excluding hydrogens is 280 g/mol. The van der Waals surface area contributed by atoms with Crippen molar-refractivity contribution in [2.24, 2.45) is 0 Å². The summed E-state index contributed by atoms with van der Waals surface area (Å²) in [5.74, 6) is 0. The quantitative estimate of drug-likeness (QED) is 0.306. The Morgan fingerprint density at radius 3 is 2.00 bits per heavy atom. The van der Waals surface area contributed by atoms with Crippen molar-refractivity contribution >= 4 is 0 Å². The van der Waals surface area contributed by atoms with Gasteiger partial charge in [-0.25, -0.2) is 0 Å². The highest BCUT2D eigenvalue weighted by Crippen LogP contribution is 2.09. The topological polar surface area (TPSA) is 47.9 Å². The average molecular weight is 316 g/mol. The maximum atomic E-state index is 8.51. The molecule has 0 aromatic heterocycles. The van der Waals surface area contributed by atoms with Crippen LogP contribution in [0.5, 0.6) is 0 Å². The van der Waals surface area contributed by atoms with E-state index < -0.39 is 0 Å².